The number of hydrogen-bond acceptors (Lipinski definition) is 3. The van der Waals surface area contributed by atoms with Gasteiger partial charge in [0.25, 0.3) is 5.56 Å². The number of nitrogens with one attached hydrogen (secondary N) is 1. The van der Waals surface area contributed by atoms with Gasteiger partial charge in [0.1, 0.15) is 5.82 Å². The lowest BCUT2D eigenvalue weighted by Crippen LogP contribution is -2.20. The first-order chi connectivity index (χ1) is 11.0. The van der Waals surface area contributed by atoms with Crippen molar-refractivity contribution in [3.05, 3.63) is 63.7 Å². The summed E-state index contributed by atoms with van der Waals surface area (Å²) >= 11 is 0. The van der Waals surface area contributed by atoms with Crippen LogP contribution in [0.4, 0.5) is 0 Å². The smallest absolute Gasteiger partial charge is 0.261 e. The third-order valence-electron chi connectivity index (χ3n) is 4.34. The van der Waals surface area contributed by atoms with Gasteiger partial charge in [-0.1, -0.05) is 24.3 Å². The van der Waals surface area contributed by atoms with Gasteiger partial charge in [0.05, 0.1) is 10.9 Å². The summed E-state index contributed by atoms with van der Waals surface area (Å²) in [6.45, 7) is 4.81. The lowest BCUT2D eigenvalue weighted by molar-refractivity contribution is 0.792. The van der Waals surface area contributed by atoms with Crippen LogP contribution in [-0.2, 0) is 13.6 Å². The number of benzene rings is 2. The van der Waals surface area contributed by atoms with Crippen molar-refractivity contribution in [2.75, 3.05) is 7.05 Å². The summed E-state index contributed by atoms with van der Waals surface area (Å²) in [6.07, 6.45) is 0. The van der Waals surface area contributed by atoms with Crippen LogP contribution in [0, 0.1) is 13.8 Å². The number of hydrogen-bond donors (Lipinski definition) is 1. The molecule has 0 bridgehead atoms. The third-order valence-corrected chi connectivity index (χ3v) is 4.34. The van der Waals surface area contributed by atoms with E-state index in [1.807, 2.05) is 32.2 Å². The van der Waals surface area contributed by atoms with E-state index in [1.54, 1.807) is 11.6 Å². The van der Waals surface area contributed by atoms with Crippen molar-refractivity contribution in [1.29, 1.82) is 0 Å². The van der Waals surface area contributed by atoms with Gasteiger partial charge in [0, 0.05) is 13.6 Å². The van der Waals surface area contributed by atoms with Crippen molar-refractivity contribution in [3.63, 3.8) is 0 Å². The fourth-order valence-corrected chi connectivity index (χ4v) is 2.83. The Balaban J connectivity index is 2.14. The molecule has 1 N–H and O–H groups in total. The van der Waals surface area contributed by atoms with E-state index in [1.165, 1.54) is 11.1 Å². The molecule has 3 aromatic rings. The predicted molar refractivity (Wildman–Crippen MR) is 94.7 cm³/mol. The zero-order chi connectivity index (χ0) is 16.6. The van der Waals surface area contributed by atoms with Crippen molar-refractivity contribution >= 4 is 10.9 Å². The van der Waals surface area contributed by atoms with Crippen LogP contribution in [-0.4, -0.2) is 16.6 Å². The Kier molecular flexibility index (Phi) is 4.01. The molecular weight excluding hydrogens is 286 g/mol. The minimum atomic E-state index is -0.00197. The highest BCUT2D eigenvalue weighted by molar-refractivity contribution is 5.84. The van der Waals surface area contributed by atoms with Crippen molar-refractivity contribution in [2.45, 2.75) is 20.4 Å². The van der Waals surface area contributed by atoms with E-state index >= 15 is 0 Å². The Morgan fingerprint density at radius 2 is 1.78 bits per heavy atom. The largest absolute Gasteiger partial charge is 0.316 e. The fraction of sp³-hybridized carbons (Fsp3) is 0.263. The SMILES string of the molecule is CNCc1ccc(-c2ccc3nc(C)n(C)c(=O)c3c2)cc1C. The third kappa shape index (κ3) is 2.78. The lowest BCUT2D eigenvalue weighted by Gasteiger charge is -2.10. The fourth-order valence-electron chi connectivity index (χ4n) is 2.83. The molecule has 4 nitrogen and oxygen atoms in total. The minimum absolute atomic E-state index is 0.00197. The summed E-state index contributed by atoms with van der Waals surface area (Å²) in [5.41, 5.74) is 5.43. The number of fused-ring (bicyclic) bond motifs is 1. The maximum atomic E-state index is 12.5. The molecule has 0 aliphatic heterocycles. The highest BCUT2D eigenvalue weighted by Gasteiger charge is 2.08. The van der Waals surface area contributed by atoms with E-state index in [0.717, 1.165) is 29.0 Å². The quantitative estimate of drug-likeness (QED) is 0.809. The Hall–Kier alpha value is -2.46. The summed E-state index contributed by atoms with van der Waals surface area (Å²) in [5, 5.41) is 3.83. The molecule has 3 rings (SSSR count). The first-order valence-corrected chi connectivity index (χ1v) is 7.73. The van der Waals surface area contributed by atoms with Crippen LogP contribution < -0.4 is 10.9 Å². The molecule has 0 atom stereocenters. The van der Waals surface area contributed by atoms with Gasteiger partial charge in [-0.15, -0.1) is 0 Å². The summed E-state index contributed by atoms with van der Waals surface area (Å²) in [7, 11) is 3.70. The maximum Gasteiger partial charge on any atom is 0.261 e. The second-order valence-corrected chi connectivity index (χ2v) is 5.93. The van der Waals surface area contributed by atoms with Gasteiger partial charge in [-0.3, -0.25) is 9.36 Å². The van der Waals surface area contributed by atoms with Crippen LogP contribution in [0.25, 0.3) is 22.0 Å². The first-order valence-electron chi connectivity index (χ1n) is 7.73. The Bertz CT molecular complexity index is 941. The molecule has 23 heavy (non-hydrogen) atoms. The van der Waals surface area contributed by atoms with Crippen LogP contribution >= 0.6 is 0 Å². The Labute approximate surface area is 135 Å². The molecule has 0 fully saturated rings. The molecule has 118 valence electrons. The number of rotatable bonds is 3. The average Bonchev–Trinajstić information content (AvgIpc) is 2.54. The van der Waals surface area contributed by atoms with Crippen molar-refractivity contribution in [3.8, 4) is 11.1 Å². The summed E-state index contributed by atoms with van der Waals surface area (Å²) < 4.78 is 1.59. The summed E-state index contributed by atoms with van der Waals surface area (Å²) in [4.78, 5) is 16.9. The van der Waals surface area contributed by atoms with E-state index in [4.69, 9.17) is 0 Å². The molecule has 0 spiro atoms. The highest BCUT2D eigenvalue weighted by Crippen LogP contribution is 2.24. The molecular formula is C19H21N3O. The summed E-state index contributed by atoms with van der Waals surface area (Å²) in [6, 6.07) is 12.3. The molecule has 4 heteroatoms. The molecule has 2 aromatic carbocycles. The normalized spacial score (nSPS) is 11.1. The Morgan fingerprint density at radius 1 is 1.09 bits per heavy atom. The molecule has 0 radical (unpaired) electrons. The van der Waals surface area contributed by atoms with Crippen LogP contribution in [0.1, 0.15) is 17.0 Å². The second-order valence-electron chi connectivity index (χ2n) is 5.93. The molecule has 0 aliphatic rings. The monoisotopic (exact) mass is 307 g/mol. The van der Waals surface area contributed by atoms with E-state index < -0.39 is 0 Å². The second kappa shape index (κ2) is 5.97. The standard InChI is InChI=1S/C19H21N3O/c1-12-9-14(5-6-16(12)11-20-3)15-7-8-18-17(10-15)19(23)22(4)13(2)21-18/h5-10,20H,11H2,1-4H3. The van der Waals surface area contributed by atoms with Gasteiger partial charge < -0.3 is 5.32 Å². The molecule has 1 aromatic heterocycles. The van der Waals surface area contributed by atoms with Crippen molar-refractivity contribution in [2.24, 2.45) is 7.05 Å². The van der Waals surface area contributed by atoms with Crippen LogP contribution in [0.2, 0.25) is 0 Å². The Morgan fingerprint density at radius 3 is 2.48 bits per heavy atom. The first kappa shape index (κ1) is 15.4. The zero-order valence-electron chi connectivity index (χ0n) is 14.0. The molecule has 0 saturated heterocycles. The molecule has 0 unspecified atom stereocenters. The van der Waals surface area contributed by atoms with Crippen LogP contribution in [0.3, 0.4) is 0 Å². The minimum Gasteiger partial charge on any atom is -0.316 e. The molecule has 0 amide bonds. The van der Waals surface area contributed by atoms with Crippen LogP contribution in [0.5, 0.6) is 0 Å². The van der Waals surface area contributed by atoms with Gasteiger partial charge >= 0.3 is 0 Å². The molecule has 1 heterocycles. The predicted octanol–water partition coefficient (Wildman–Crippen LogP) is 2.94. The van der Waals surface area contributed by atoms with E-state index in [2.05, 4.69) is 35.4 Å². The lowest BCUT2D eigenvalue weighted by atomic mass is 9.99. The van der Waals surface area contributed by atoms with Crippen LogP contribution in [0.15, 0.2) is 41.2 Å². The highest BCUT2D eigenvalue weighted by atomic mass is 16.1. The number of nitrogens with zero attached hydrogens (tertiary/aromatic N) is 2. The number of aryl methyl sites for hydroxylation is 2. The maximum absolute atomic E-state index is 12.5. The van der Waals surface area contributed by atoms with E-state index in [0.29, 0.717) is 5.39 Å². The van der Waals surface area contributed by atoms with E-state index in [9.17, 15) is 4.79 Å². The zero-order valence-corrected chi connectivity index (χ0v) is 14.0. The topological polar surface area (TPSA) is 46.9 Å². The van der Waals surface area contributed by atoms with Crippen molar-refractivity contribution < 1.29 is 0 Å². The van der Waals surface area contributed by atoms with Gasteiger partial charge in [0.15, 0.2) is 0 Å². The van der Waals surface area contributed by atoms with Gasteiger partial charge in [-0.25, -0.2) is 4.98 Å². The van der Waals surface area contributed by atoms with Gasteiger partial charge in [-0.2, -0.15) is 0 Å². The molecule has 0 aliphatic carbocycles. The van der Waals surface area contributed by atoms with Gasteiger partial charge in [0.2, 0.25) is 0 Å². The number of aromatic nitrogens is 2. The molecule has 0 saturated carbocycles. The van der Waals surface area contributed by atoms with Crippen molar-refractivity contribution in [1.82, 2.24) is 14.9 Å². The summed E-state index contributed by atoms with van der Waals surface area (Å²) in [5.74, 6) is 0.725. The van der Waals surface area contributed by atoms with Gasteiger partial charge in [-0.05, 0) is 55.3 Å². The van der Waals surface area contributed by atoms with E-state index in [-0.39, 0.29) is 5.56 Å². The average molecular weight is 307 g/mol.